The van der Waals surface area contributed by atoms with Crippen LogP contribution in [0.3, 0.4) is 0 Å². The van der Waals surface area contributed by atoms with Crippen molar-refractivity contribution in [1.82, 2.24) is 4.57 Å². The lowest BCUT2D eigenvalue weighted by atomic mass is 9.86. The molecular weight excluding hydrogens is 428 g/mol. The van der Waals surface area contributed by atoms with Crippen LogP contribution in [0, 0.1) is 18.3 Å². The number of fused-ring (bicyclic) bond motifs is 1. The quantitative estimate of drug-likeness (QED) is 0.352. The first-order valence-corrected chi connectivity index (χ1v) is 12.2. The van der Waals surface area contributed by atoms with E-state index >= 15 is 0 Å². The summed E-state index contributed by atoms with van der Waals surface area (Å²) in [4.78, 5) is 15.2. The maximum atomic E-state index is 13.5. The van der Waals surface area contributed by atoms with E-state index in [1.807, 2.05) is 43.5 Å². The minimum Gasteiger partial charge on any atom is -0.376 e. The Bertz CT molecular complexity index is 1420. The van der Waals surface area contributed by atoms with Gasteiger partial charge in [-0.15, -0.1) is 11.3 Å². The molecule has 2 unspecified atom stereocenters. The average molecular weight is 455 g/mol. The van der Waals surface area contributed by atoms with Gasteiger partial charge in [-0.25, -0.2) is 0 Å². The molecule has 33 heavy (non-hydrogen) atoms. The second-order valence-electron chi connectivity index (χ2n) is 9.01. The summed E-state index contributed by atoms with van der Waals surface area (Å²) in [5.41, 5.74) is 4.17. The molecule has 166 valence electrons. The highest BCUT2D eigenvalue weighted by atomic mass is 32.1. The lowest BCUT2D eigenvalue weighted by molar-refractivity contribution is -0.0380. The fourth-order valence-electron chi connectivity index (χ4n) is 5.13. The monoisotopic (exact) mass is 454 g/mol. The molecule has 0 spiro atoms. The van der Waals surface area contributed by atoms with Crippen molar-refractivity contribution in [2.75, 3.05) is 0 Å². The fraction of sp³-hybridized carbons (Fsp3) is 0.286. The number of rotatable bonds is 3. The van der Waals surface area contributed by atoms with E-state index in [9.17, 15) is 10.1 Å². The standard InChI is InChI=1S/C28H26N2O2S/c1-17-16-30(22-9-7-20(8-10-22)21-13-18(2)32-19(3)14-21)28(31)25-6-4-5-24(27(17)25)26-12-11-23(15-29)33-26/h4-12,16,18-19,21H,13-14H2,1-3H3/t18-,19?,21?/m1/s1. The number of ether oxygens (including phenoxy) is 1. The molecule has 3 atom stereocenters. The van der Waals surface area contributed by atoms with Gasteiger partial charge in [0.05, 0.1) is 12.2 Å². The van der Waals surface area contributed by atoms with Gasteiger partial charge in [-0.05, 0) is 81.0 Å². The SMILES string of the molecule is Cc1cn(-c2ccc(C3CC(C)O[C@H](C)C3)cc2)c(=O)c2cccc(-c3ccc(C#N)s3)c12. The average Bonchev–Trinajstić information content (AvgIpc) is 3.30. The number of nitrogens with zero attached hydrogens (tertiary/aromatic N) is 2. The molecule has 2 aromatic carbocycles. The Morgan fingerprint density at radius 3 is 2.42 bits per heavy atom. The Hall–Kier alpha value is -3.20. The van der Waals surface area contributed by atoms with E-state index in [0.717, 1.165) is 39.9 Å². The number of nitriles is 1. The number of aromatic nitrogens is 1. The topological polar surface area (TPSA) is 55.0 Å². The number of hydrogen-bond acceptors (Lipinski definition) is 4. The molecule has 1 saturated heterocycles. The lowest BCUT2D eigenvalue weighted by Crippen LogP contribution is -2.28. The molecule has 4 nitrogen and oxygen atoms in total. The van der Waals surface area contributed by atoms with Crippen LogP contribution in [-0.2, 0) is 4.74 Å². The second kappa shape index (κ2) is 8.62. The summed E-state index contributed by atoms with van der Waals surface area (Å²) >= 11 is 1.45. The molecule has 0 N–H and O–H groups in total. The summed E-state index contributed by atoms with van der Waals surface area (Å²) in [7, 11) is 0. The molecule has 0 radical (unpaired) electrons. The van der Waals surface area contributed by atoms with Gasteiger partial charge in [-0.1, -0.05) is 24.3 Å². The zero-order valence-corrected chi connectivity index (χ0v) is 19.9. The second-order valence-corrected chi connectivity index (χ2v) is 10.1. The highest BCUT2D eigenvalue weighted by molar-refractivity contribution is 7.16. The van der Waals surface area contributed by atoms with Crippen molar-refractivity contribution in [3.8, 4) is 22.2 Å². The van der Waals surface area contributed by atoms with Gasteiger partial charge >= 0.3 is 0 Å². The minimum atomic E-state index is -0.0319. The molecule has 0 bridgehead atoms. The number of aryl methyl sites for hydroxylation is 1. The summed E-state index contributed by atoms with van der Waals surface area (Å²) in [6.45, 7) is 6.32. The number of pyridine rings is 1. The van der Waals surface area contributed by atoms with Crippen LogP contribution in [0.2, 0.25) is 0 Å². The Labute approximate surface area is 197 Å². The van der Waals surface area contributed by atoms with Crippen LogP contribution in [-0.4, -0.2) is 16.8 Å². The summed E-state index contributed by atoms with van der Waals surface area (Å²) in [6, 6.07) is 20.2. The molecule has 1 fully saturated rings. The summed E-state index contributed by atoms with van der Waals surface area (Å²) in [6.07, 6.45) is 4.52. The van der Waals surface area contributed by atoms with Crippen LogP contribution in [0.5, 0.6) is 0 Å². The fourth-order valence-corrected chi connectivity index (χ4v) is 5.96. The van der Waals surface area contributed by atoms with Crippen LogP contribution < -0.4 is 5.56 Å². The molecular formula is C28H26N2O2S. The highest BCUT2D eigenvalue weighted by Gasteiger charge is 2.25. The van der Waals surface area contributed by atoms with E-state index in [1.54, 1.807) is 4.57 Å². The van der Waals surface area contributed by atoms with Gasteiger partial charge in [0.1, 0.15) is 10.9 Å². The van der Waals surface area contributed by atoms with Crippen molar-refractivity contribution >= 4 is 22.1 Å². The van der Waals surface area contributed by atoms with Crippen LogP contribution in [0.4, 0.5) is 0 Å². The molecule has 1 aliphatic heterocycles. The predicted molar refractivity (Wildman–Crippen MR) is 134 cm³/mol. The molecule has 0 aliphatic carbocycles. The summed E-state index contributed by atoms with van der Waals surface area (Å²) < 4.78 is 7.64. The molecule has 2 aromatic heterocycles. The minimum absolute atomic E-state index is 0.0319. The molecule has 1 aliphatic rings. The van der Waals surface area contributed by atoms with Crippen molar-refractivity contribution in [1.29, 1.82) is 5.26 Å². The largest absolute Gasteiger partial charge is 0.376 e. The molecule has 5 heteroatoms. The van der Waals surface area contributed by atoms with Gasteiger partial charge in [-0.3, -0.25) is 9.36 Å². The Balaban J connectivity index is 1.55. The zero-order valence-electron chi connectivity index (χ0n) is 19.0. The number of benzene rings is 2. The normalized spacial score (nSPS) is 20.6. The molecule has 0 amide bonds. The first kappa shape index (κ1) is 21.6. The zero-order chi connectivity index (χ0) is 23.1. The van der Waals surface area contributed by atoms with Crippen molar-refractivity contribution in [3.05, 3.63) is 87.2 Å². The van der Waals surface area contributed by atoms with E-state index in [-0.39, 0.29) is 17.8 Å². The number of thiophene rings is 1. The smallest absolute Gasteiger partial charge is 0.262 e. The Kier molecular flexibility index (Phi) is 5.65. The van der Waals surface area contributed by atoms with Crippen molar-refractivity contribution in [3.63, 3.8) is 0 Å². The summed E-state index contributed by atoms with van der Waals surface area (Å²) in [5.74, 6) is 0.486. The maximum Gasteiger partial charge on any atom is 0.262 e. The van der Waals surface area contributed by atoms with E-state index in [1.165, 1.54) is 16.9 Å². The third-order valence-corrected chi connectivity index (χ3v) is 7.58. The van der Waals surface area contributed by atoms with Gasteiger partial charge in [-0.2, -0.15) is 5.26 Å². The first-order chi connectivity index (χ1) is 15.9. The van der Waals surface area contributed by atoms with Gasteiger partial charge in [0.15, 0.2) is 0 Å². The summed E-state index contributed by atoms with van der Waals surface area (Å²) in [5, 5.41) is 10.8. The molecule has 3 heterocycles. The van der Waals surface area contributed by atoms with Gasteiger partial charge in [0, 0.05) is 33.1 Å². The van der Waals surface area contributed by atoms with Gasteiger partial charge in [0.2, 0.25) is 0 Å². The van der Waals surface area contributed by atoms with Crippen LogP contribution >= 0.6 is 11.3 Å². The van der Waals surface area contributed by atoms with Crippen molar-refractivity contribution in [2.45, 2.75) is 51.7 Å². The van der Waals surface area contributed by atoms with Gasteiger partial charge < -0.3 is 4.74 Å². The number of hydrogen-bond donors (Lipinski definition) is 0. The van der Waals surface area contributed by atoms with Crippen LogP contribution in [0.1, 0.15) is 48.6 Å². The van der Waals surface area contributed by atoms with E-state index in [0.29, 0.717) is 16.2 Å². The Morgan fingerprint density at radius 1 is 1.03 bits per heavy atom. The molecule has 0 saturated carbocycles. The highest BCUT2D eigenvalue weighted by Crippen LogP contribution is 2.35. The third kappa shape index (κ3) is 4.01. The third-order valence-electron chi connectivity index (χ3n) is 6.55. The Morgan fingerprint density at radius 2 is 1.76 bits per heavy atom. The first-order valence-electron chi connectivity index (χ1n) is 11.4. The van der Waals surface area contributed by atoms with Crippen LogP contribution in [0.25, 0.3) is 26.9 Å². The predicted octanol–water partition coefficient (Wildman–Crippen LogP) is 6.57. The van der Waals surface area contributed by atoms with Crippen molar-refractivity contribution < 1.29 is 4.74 Å². The van der Waals surface area contributed by atoms with E-state index in [4.69, 9.17) is 4.74 Å². The van der Waals surface area contributed by atoms with Gasteiger partial charge in [0.25, 0.3) is 5.56 Å². The van der Waals surface area contributed by atoms with E-state index < -0.39 is 0 Å². The molecule has 5 rings (SSSR count). The van der Waals surface area contributed by atoms with Crippen molar-refractivity contribution in [2.24, 2.45) is 0 Å². The lowest BCUT2D eigenvalue weighted by Gasteiger charge is -2.32. The molecule has 4 aromatic rings. The van der Waals surface area contributed by atoms with Crippen LogP contribution in [0.15, 0.2) is 65.6 Å². The van der Waals surface area contributed by atoms with E-state index in [2.05, 4.69) is 44.2 Å². The maximum absolute atomic E-state index is 13.5.